The monoisotopic (exact) mass is 428 g/mol. The van der Waals surface area contributed by atoms with Crippen molar-refractivity contribution in [2.75, 3.05) is 5.32 Å². The van der Waals surface area contributed by atoms with Crippen LogP contribution in [0.4, 0.5) is 10.1 Å². The van der Waals surface area contributed by atoms with E-state index in [0.717, 1.165) is 11.3 Å². The molecule has 0 atom stereocenters. The largest absolute Gasteiger partial charge is 0.436 e. The zero-order valence-corrected chi connectivity index (χ0v) is 17.2. The number of carbonyl (C=O) groups is 1. The van der Waals surface area contributed by atoms with Crippen molar-refractivity contribution in [3.05, 3.63) is 84.3 Å². The van der Waals surface area contributed by atoms with Crippen molar-refractivity contribution in [2.24, 2.45) is 0 Å². The molecule has 9 heteroatoms. The summed E-state index contributed by atoms with van der Waals surface area (Å²) in [5.74, 6) is 0.00345. The highest BCUT2D eigenvalue weighted by atomic mass is 19.1. The Labute approximate surface area is 181 Å². The number of nitrogens with one attached hydrogen (secondary N) is 1. The summed E-state index contributed by atoms with van der Waals surface area (Å²) in [5, 5.41) is 2.72. The molecule has 8 nitrogen and oxygen atoms in total. The van der Waals surface area contributed by atoms with Crippen molar-refractivity contribution in [2.45, 2.75) is 13.8 Å². The SMILES string of the molecule is Cc1nc(C)c(C(=O)Nc2ccc(F)c(-c3cn4cc(-c5ccccn5)cnc4n3)c2)o1. The molecule has 0 aliphatic carbocycles. The summed E-state index contributed by atoms with van der Waals surface area (Å²) >= 11 is 0. The van der Waals surface area contributed by atoms with Gasteiger partial charge in [-0.1, -0.05) is 6.07 Å². The van der Waals surface area contributed by atoms with Crippen LogP contribution in [-0.4, -0.2) is 30.2 Å². The number of aromatic nitrogens is 5. The minimum atomic E-state index is -0.469. The van der Waals surface area contributed by atoms with E-state index in [9.17, 15) is 9.18 Å². The van der Waals surface area contributed by atoms with Crippen molar-refractivity contribution in [3.63, 3.8) is 0 Å². The Hall–Kier alpha value is -4.40. The van der Waals surface area contributed by atoms with Crippen molar-refractivity contribution in [1.29, 1.82) is 0 Å². The topological polar surface area (TPSA) is 98.2 Å². The predicted octanol–water partition coefficient (Wildman–Crippen LogP) is 4.45. The molecule has 0 radical (unpaired) electrons. The van der Waals surface area contributed by atoms with E-state index in [1.54, 1.807) is 36.8 Å². The maximum atomic E-state index is 14.6. The van der Waals surface area contributed by atoms with Gasteiger partial charge in [0.25, 0.3) is 5.91 Å². The van der Waals surface area contributed by atoms with Gasteiger partial charge in [-0.25, -0.2) is 19.3 Å². The van der Waals surface area contributed by atoms with Gasteiger partial charge < -0.3 is 9.73 Å². The zero-order valence-electron chi connectivity index (χ0n) is 17.2. The average Bonchev–Trinajstić information content (AvgIpc) is 3.37. The highest BCUT2D eigenvalue weighted by Gasteiger charge is 2.18. The molecule has 32 heavy (non-hydrogen) atoms. The standard InChI is InChI=1S/C23H17FN6O2/c1-13-21(32-14(2)27-13)22(31)28-16-6-7-18(24)17(9-16)20-12-30-11-15(10-26-23(30)29-20)19-5-3-4-8-25-19/h3-12H,1-2H3,(H,28,31). The van der Waals surface area contributed by atoms with Gasteiger partial charge in [0.15, 0.2) is 5.89 Å². The number of halogens is 1. The quantitative estimate of drug-likeness (QED) is 0.454. The van der Waals surface area contributed by atoms with Gasteiger partial charge in [0, 0.05) is 48.5 Å². The average molecular weight is 428 g/mol. The number of benzene rings is 1. The molecule has 158 valence electrons. The van der Waals surface area contributed by atoms with Crippen LogP contribution >= 0.6 is 0 Å². The van der Waals surface area contributed by atoms with Gasteiger partial charge >= 0.3 is 0 Å². The molecule has 0 bridgehead atoms. The summed E-state index contributed by atoms with van der Waals surface area (Å²) in [6, 6.07) is 9.88. The number of pyridine rings is 1. The van der Waals surface area contributed by atoms with Crippen LogP contribution in [0.25, 0.3) is 28.3 Å². The first-order chi connectivity index (χ1) is 15.5. The number of fused-ring (bicyclic) bond motifs is 1. The van der Waals surface area contributed by atoms with E-state index in [-0.39, 0.29) is 11.3 Å². The van der Waals surface area contributed by atoms with Crippen LogP contribution < -0.4 is 5.32 Å². The summed E-state index contributed by atoms with van der Waals surface area (Å²) in [6.45, 7) is 3.35. The summed E-state index contributed by atoms with van der Waals surface area (Å²) in [7, 11) is 0. The van der Waals surface area contributed by atoms with Crippen LogP contribution in [0.1, 0.15) is 22.1 Å². The Kier molecular flexibility index (Phi) is 4.70. The van der Waals surface area contributed by atoms with Crippen LogP contribution in [0, 0.1) is 19.7 Å². The van der Waals surface area contributed by atoms with Crippen LogP contribution in [0.3, 0.4) is 0 Å². The molecule has 1 N–H and O–H groups in total. The summed E-state index contributed by atoms with van der Waals surface area (Å²) < 4.78 is 21.7. The molecule has 4 heterocycles. The van der Waals surface area contributed by atoms with Crippen LogP contribution in [-0.2, 0) is 0 Å². The molecule has 0 aliphatic heterocycles. The zero-order chi connectivity index (χ0) is 22.2. The Morgan fingerprint density at radius 3 is 2.69 bits per heavy atom. The molecule has 5 aromatic rings. The second-order valence-electron chi connectivity index (χ2n) is 7.19. The number of carbonyl (C=O) groups excluding carboxylic acids is 1. The summed E-state index contributed by atoms with van der Waals surface area (Å²) in [4.78, 5) is 29.7. The Bertz CT molecular complexity index is 1460. The van der Waals surface area contributed by atoms with Crippen molar-refractivity contribution >= 4 is 17.4 Å². The van der Waals surface area contributed by atoms with Gasteiger partial charge in [-0.2, -0.15) is 0 Å². The molecule has 0 aliphatic rings. The van der Waals surface area contributed by atoms with Gasteiger partial charge in [0.1, 0.15) is 5.82 Å². The van der Waals surface area contributed by atoms with Crippen LogP contribution in [0.15, 0.2) is 65.6 Å². The highest BCUT2D eigenvalue weighted by molar-refractivity contribution is 6.03. The van der Waals surface area contributed by atoms with Crippen molar-refractivity contribution in [3.8, 4) is 22.5 Å². The van der Waals surface area contributed by atoms with E-state index in [1.807, 2.05) is 24.4 Å². The van der Waals surface area contributed by atoms with Gasteiger partial charge in [0.2, 0.25) is 11.5 Å². The third-order valence-electron chi connectivity index (χ3n) is 4.88. The first-order valence-electron chi connectivity index (χ1n) is 9.79. The summed E-state index contributed by atoms with van der Waals surface area (Å²) in [5.41, 5.74) is 3.08. The normalized spacial score (nSPS) is 11.1. The molecule has 0 saturated carbocycles. The fourth-order valence-electron chi connectivity index (χ4n) is 3.41. The van der Waals surface area contributed by atoms with Gasteiger partial charge in [-0.15, -0.1) is 0 Å². The minimum absolute atomic E-state index is 0.118. The lowest BCUT2D eigenvalue weighted by Crippen LogP contribution is -2.12. The second-order valence-corrected chi connectivity index (χ2v) is 7.19. The minimum Gasteiger partial charge on any atom is -0.436 e. The smallest absolute Gasteiger partial charge is 0.293 e. The van der Waals surface area contributed by atoms with E-state index in [0.29, 0.717) is 28.7 Å². The second kappa shape index (κ2) is 7.69. The first kappa shape index (κ1) is 19.6. The van der Waals surface area contributed by atoms with E-state index >= 15 is 0 Å². The molecule has 1 amide bonds. The van der Waals surface area contributed by atoms with Crippen molar-refractivity contribution in [1.82, 2.24) is 24.3 Å². The molecular weight excluding hydrogens is 411 g/mol. The molecule has 1 aromatic carbocycles. The Morgan fingerprint density at radius 2 is 1.94 bits per heavy atom. The maximum Gasteiger partial charge on any atom is 0.293 e. The van der Waals surface area contributed by atoms with E-state index in [4.69, 9.17) is 4.42 Å². The highest BCUT2D eigenvalue weighted by Crippen LogP contribution is 2.27. The third-order valence-corrected chi connectivity index (χ3v) is 4.88. The van der Waals surface area contributed by atoms with Gasteiger partial charge in [-0.3, -0.25) is 14.2 Å². The molecule has 0 unspecified atom stereocenters. The van der Waals surface area contributed by atoms with Crippen molar-refractivity contribution < 1.29 is 13.6 Å². The molecule has 0 saturated heterocycles. The van der Waals surface area contributed by atoms with Crippen LogP contribution in [0.2, 0.25) is 0 Å². The first-order valence-corrected chi connectivity index (χ1v) is 9.79. The number of rotatable bonds is 4. The number of aryl methyl sites for hydroxylation is 2. The van der Waals surface area contributed by atoms with Crippen LogP contribution in [0.5, 0.6) is 0 Å². The molecule has 4 aromatic heterocycles. The fourth-order valence-corrected chi connectivity index (χ4v) is 3.41. The predicted molar refractivity (Wildman–Crippen MR) is 116 cm³/mol. The Morgan fingerprint density at radius 1 is 1.06 bits per heavy atom. The molecule has 5 rings (SSSR count). The number of oxazole rings is 1. The number of nitrogens with zero attached hydrogens (tertiary/aromatic N) is 5. The number of hydrogen-bond acceptors (Lipinski definition) is 6. The third kappa shape index (κ3) is 3.60. The van der Waals surface area contributed by atoms with E-state index in [1.165, 1.54) is 18.2 Å². The lowest BCUT2D eigenvalue weighted by molar-refractivity contribution is 0.0994. The van der Waals surface area contributed by atoms with E-state index < -0.39 is 11.7 Å². The molecule has 0 fully saturated rings. The lowest BCUT2D eigenvalue weighted by atomic mass is 10.1. The fraction of sp³-hybridized carbons (Fsp3) is 0.0870. The number of amides is 1. The van der Waals surface area contributed by atoms with Gasteiger partial charge in [-0.05, 0) is 37.3 Å². The van der Waals surface area contributed by atoms with Gasteiger partial charge in [0.05, 0.1) is 17.1 Å². The lowest BCUT2D eigenvalue weighted by Gasteiger charge is -2.06. The Balaban J connectivity index is 1.48. The summed E-state index contributed by atoms with van der Waals surface area (Å²) in [6.07, 6.45) is 6.89. The van der Waals surface area contributed by atoms with E-state index in [2.05, 4.69) is 25.3 Å². The number of hydrogen-bond donors (Lipinski definition) is 1. The molecule has 0 spiro atoms. The molecular formula is C23H17FN6O2. The number of imidazole rings is 1. The number of anilines is 1. The maximum absolute atomic E-state index is 14.6.